The molecular formula is C40H56O2. The molecule has 0 aliphatic heterocycles. The van der Waals surface area contributed by atoms with E-state index in [1.165, 1.54) is 39.0 Å². The van der Waals surface area contributed by atoms with E-state index < -0.39 is 0 Å². The molecule has 0 amide bonds. The average molecular weight is 569 g/mol. The van der Waals surface area contributed by atoms with Crippen molar-refractivity contribution in [3.05, 3.63) is 130 Å². The second-order valence-electron chi connectivity index (χ2n) is 13.7. The van der Waals surface area contributed by atoms with Gasteiger partial charge in [-0.2, -0.15) is 0 Å². The van der Waals surface area contributed by atoms with Crippen LogP contribution in [0.5, 0.6) is 0 Å². The molecule has 2 aliphatic rings. The van der Waals surface area contributed by atoms with Gasteiger partial charge in [-0.1, -0.05) is 152 Å². The van der Waals surface area contributed by atoms with Crippen molar-refractivity contribution in [2.45, 2.75) is 101 Å². The molecule has 0 bridgehead atoms. The van der Waals surface area contributed by atoms with Gasteiger partial charge >= 0.3 is 0 Å². The van der Waals surface area contributed by atoms with Gasteiger partial charge in [-0.25, -0.2) is 0 Å². The lowest BCUT2D eigenvalue weighted by atomic mass is 9.67. The van der Waals surface area contributed by atoms with Crippen LogP contribution in [0.1, 0.15) is 88.5 Å². The number of rotatable bonds is 10. The Bertz CT molecular complexity index is 1270. The first-order chi connectivity index (χ1) is 19.6. The van der Waals surface area contributed by atoms with Gasteiger partial charge in [0.1, 0.15) is 0 Å². The third-order valence-corrected chi connectivity index (χ3v) is 8.33. The number of hydrogen-bond donors (Lipinski definition) is 2. The molecular weight excluding hydrogens is 512 g/mol. The van der Waals surface area contributed by atoms with E-state index in [0.29, 0.717) is 5.92 Å². The summed E-state index contributed by atoms with van der Waals surface area (Å²) >= 11 is 0. The fourth-order valence-electron chi connectivity index (χ4n) is 6.14. The molecule has 2 N–H and O–H groups in total. The first kappa shape index (κ1) is 35.3. The van der Waals surface area contributed by atoms with Gasteiger partial charge in [0.2, 0.25) is 0 Å². The summed E-state index contributed by atoms with van der Waals surface area (Å²) in [5.74, 6) is 0.348. The molecule has 228 valence electrons. The van der Waals surface area contributed by atoms with Gasteiger partial charge in [0.25, 0.3) is 0 Å². The van der Waals surface area contributed by atoms with Crippen LogP contribution < -0.4 is 0 Å². The van der Waals surface area contributed by atoms with Crippen LogP contribution >= 0.6 is 0 Å². The minimum atomic E-state index is -0.331. The Hall–Kier alpha value is -2.94. The second-order valence-corrected chi connectivity index (χ2v) is 13.7. The Morgan fingerprint density at radius 1 is 0.714 bits per heavy atom. The Kier molecular flexibility index (Phi) is 13.5. The summed E-state index contributed by atoms with van der Waals surface area (Å²) in [7, 11) is 0. The quantitative estimate of drug-likeness (QED) is 0.203. The first-order valence-corrected chi connectivity index (χ1v) is 15.4. The van der Waals surface area contributed by atoms with Crippen molar-refractivity contribution in [1.82, 2.24) is 0 Å². The molecule has 0 radical (unpaired) electrons. The van der Waals surface area contributed by atoms with Crippen molar-refractivity contribution in [2.24, 2.45) is 16.7 Å². The predicted molar refractivity (Wildman–Crippen MR) is 184 cm³/mol. The van der Waals surface area contributed by atoms with Crippen molar-refractivity contribution >= 4 is 0 Å². The van der Waals surface area contributed by atoms with E-state index in [1.807, 2.05) is 6.08 Å². The number of aliphatic hydroxyl groups excluding tert-OH is 2. The topological polar surface area (TPSA) is 40.5 Å². The summed E-state index contributed by atoms with van der Waals surface area (Å²) in [6, 6.07) is 0. The third-order valence-electron chi connectivity index (χ3n) is 8.33. The van der Waals surface area contributed by atoms with Crippen LogP contribution in [0.15, 0.2) is 130 Å². The van der Waals surface area contributed by atoms with Gasteiger partial charge in [-0.05, 0) is 77.2 Å². The van der Waals surface area contributed by atoms with E-state index in [1.54, 1.807) is 0 Å². The molecule has 2 heteroatoms. The Balaban J connectivity index is 1.90. The maximum absolute atomic E-state index is 10.1. The largest absolute Gasteiger partial charge is 0.393 e. The molecule has 2 aliphatic carbocycles. The van der Waals surface area contributed by atoms with Crippen molar-refractivity contribution in [3.8, 4) is 0 Å². The number of hydrogen-bond acceptors (Lipinski definition) is 2. The second kappa shape index (κ2) is 16.1. The van der Waals surface area contributed by atoms with Crippen molar-refractivity contribution < 1.29 is 10.2 Å². The van der Waals surface area contributed by atoms with Crippen molar-refractivity contribution in [1.29, 1.82) is 0 Å². The van der Waals surface area contributed by atoms with E-state index in [9.17, 15) is 10.2 Å². The number of allylic oxidation sites excluding steroid dienone is 20. The van der Waals surface area contributed by atoms with E-state index in [2.05, 4.69) is 154 Å². The summed E-state index contributed by atoms with van der Waals surface area (Å²) in [5, 5.41) is 20.2. The summed E-state index contributed by atoms with van der Waals surface area (Å²) in [4.78, 5) is 0. The molecule has 1 unspecified atom stereocenters. The normalized spacial score (nSPS) is 26.6. The smallest absolute Gasteiger partial charge is 0.0729 e. The molecule has 0 fully saturated rings. The lowest BCUT2D eigenvalue weighted by Crippen LogP contribution is -2.32. The fourth-order valence-corrected chi connectivity index (χ4v) is 6.14. The number of aliphatic hydroxyl groups is 2. The summed E-state index contributed by atoms with van der Waals surface area (Å²) in [5.41, 5.74) is 8.73. The van der Waals surface area contributed by atoms with Crippen LogP contribution in [0.4, 0.5) is 0 Å². The van der Waals surface area contributed by atoms with Gasteiger partial charge in [-0.3, -0.25) is 0 Å². The van der Waals surface area contributed by atoms with Crippen molar-refractivity contribution in [2.75, 3.05) is 0 Å². The molecule has 0 saturated carbocycles. The SMILES string of the molecule is CC1=C[C@H](O)CC(C)(C)[C@H]1/C=C/C(C)=C/C=C/C(C)=C/C=C/C=C(C)/C=C/C=C(C)/C=C/C1=C(C)CC(O)CC1(C)C. The molecule has 3 atom stereocenters. The minimum Gasteiger partial charge on any atom is -0.393 e. The van der Waals surface area contributed by atoms with Gasteiger partial charge in [0.05, 0.1) is 12.2 Å². The van der Waals surface area contributed by atoms with Crippen LogP contribution in [0, 0.1) is 16.7 Å². The Morgan fingerprint density at radius 3 is 1.74 bits per heavy atom. The van der Waals surface area contributed by atoms with Crippen molar-refractivity contribution in [3.63, 3.8) is 0 Å². The maximum Gasteiger partial charge on any atom is 0.0729 e. The summed E-state index contributed by atoms with van der Waals surface area (Å²) < 4.78 is 0. The molecule has 0 heterocycles. The van der Waals surface area contributed by atoms with Gasteiger partial charge in [0, 0.05) is 5.92 Å². The maximum atomic E-state index is 10.1. The van der Waals surface area contributed by atoms with Crippen LogP contribution in [-0.4, -0.2) is 22.4 Å². The highest BCUT2D eigenvalue weighted by molar-refractivity contribution is 5.38. The van der Waals surface area contributed by atoms with E-state index in [0.717, 1.165) is 19.3 Å². The zero-order chi connectivity index (χ0) is 31.5. The Morgan fingerprint density at radius 2 is 1.21 bits per heavy atom. The molecule has 42 heavy (non-hydrogen) atoms. The fraction of sp³-hybridized carbons (Fsp3) is 0.450. The lowest BCUT2D eigenvalue weighted by molar-refractivity contribution is 0.116. The minimum absolute atomic E-state index is 0.00528. The Labute approximate surface area is 257 Å². The van der Waals surface area contributed by atoms with Gasteiger partial charge < -0.3 is 10.2 Å². The van der Waals surface area contributed by atoms with Gasteiger partial charge in [-0.15, -0.1) is 0 Å². The summed E-state index contributed by atoms with van der Waals surface area (Å²) in [6.07, 6.45) is 33.8. The highest BCUT2D eigenvalue weighted by Crippen LogP contribution is 2.42. The van der Waals surface area contributed by atoms with Crippen LogP contribution in [-0.2, 0) is 0 Å². The molecule has 2 rings (SSSR count). The predicted octanol–water partition coefficient (Wildman–Crippen LogP) is 10.4. The average Bonchev–Trinajstić information content (AvgIpc) is 2.84. The zero-order valence-electron chi connectivity index (χ0n) is 27.9. The molecule has 0 saturated heterocycles. The van der Waals surface area contributed by atoms with E-state index in [-0.39, 0.29) is 23.0 Å². The molecule has 0 aromatic rings. The molecule has 0 aromatic heterocycles. The molecule has 0 spiro atoms. The van der Waals surface area contributed by atoms with Crippen LogP contribution in [0.2, 0.25) is 0 Å². The summed E-state index contributed by atoms with van der Waals surface area (Å²) in [6.45, 7) is 21.6. The highest BCUT2D eigenvalue weighted by Gasteiger charge is 2.34. The molecule has 2 nitrogen and oxygen atoms in total. The monoisotopic (exact) mass is 568 g/mol. The van der Waals surface area contributed by atoms with Crippen LogP contribution in [0.25, 0.3) is 0 Å². The van der Waals surface area contributed by atoms with Crippen LogP contribution in [0.3, 0.4) is 0 Å². The third kappa shape index (κ3) is 11.7. The van der Waals surface area contributed by atoms with E-state index in [4.69, 9.17) is 0 Å². The van der Waals surface area contributed by atoms with Gasteiger partial charge in [0.15, 0.2) is 0 Å². The first-order valence-electron chi connectivity index (χ1n) is 15.4. The van der Waals surface area contributed by atoms with E-state index >= 15 is 0 Å². The highest BCUT2D eigenvalue weighted by atomic mass is 16.3. The molecule has 0 aromatic carbocycles. The lowest BCUT2D eigenvalue weighted by Gasteiger charge is -2.38. The zero-order valence-corrected chi connectivity index (χ0v) is 27.9. The standard InChI is InChI=1S/C40H56O2/c1-29(17-13-19-31(3)21-23-37-33(5)25-35(41)27-39(37,7)8)15-11-12-16-30(2)18-14-20-32(4)22-24-38-34(6)26-36(42)28-40(38,9)10/h11-25,35-37,41-42H,26-28H2,1-10H3/b12-11+,17-13+,18-14+,23-21+,24-22+,29-15+,30-16+,31-19+,32-20+/t35-,36?,37-/m0/s1.